The second kappa shape index (κ2) is 21.6. The summed E-state index contributed by atoms with van der Waals surface area (Å²) in [6.07, 6.45) is 1.74. The number of hydrogen-bond acceptors (Lipinski definition) is 13. The van der Waals surface area contributed by atoms with Gasteiger partial charge in [0.15, 0.2) is 23.6 Å². The summed E-state index contributed by atoms with van der Waals surface area (Å²) in [7, 11) is 1.61. The Labute approximate surface area is 375 Å². The number of carbonyl (C=O) groups is 1. The number of hydrogen-bond donors (Lipinski definition) is 1. The fourth-order valence-corrected chi connectivity index (χ4v) is 9.57. The number of nitrogens with zero attached hydrogens (tertiary/aromatic N) is 6. The van der Waals surface area contributed by atoms with Crippen molar-refractivity contribution in [3.63, 3.8) is 0 Å². The molecule has 64 heavy (non-hydrogen) atoms. The number of ether oxygens (including phenoxy) is 5. The van der Waals surface area contributed by atoms with Crippen LogP contribution in [0.4, 0.5) is 5.82 Å². The Kier molecular flexibility index (Phi) is 15.5. The van der Waals surface area contributed by atoms with Crippen LogP contribution in [-0.2, 0) is 28.9 Å². The zero-order valence-corrected chi connectivity index (χ0v) is 37.8. The summed E-state index contributed by atoms with van der Waals surface area (Å²) in [4.78, 5) is 26.6. The van der Waals surface area contributed by atoms with E-state index in [0.29, 0.717) is 34.8 Å². The average Bonchev–Trinajstić information content (AvgIpc) is 3.94. The van der Waals surface area contributed by atoms with Crippen LogP contribution in [0.2, 0.25) is 0 Å². The molecule has 0 spiro atoms. The van der Waals surface area contributed by atoms with Crippen molar-refractivity contribution in [1.82, 2.24) is 24.2 Å². The first-order valence-electron chi connectivity index (χ1n) is 21.2. The predicted octanol–water partition coefficient (Wildman–Crippen LogP) is 8.82. The first-order chi connectivity index (χ1) is 31.1. The zero-order valence-electron chi connectivity index (χ0n) is 36.9. The average molecular weight is 888 g/mol. The molecule has 0 radical (unpaired) electrons. The highest BCUT2D eigenvalue weighted by atomic mass is 31.2. The summed E-state index contributed by atoms with van der Waals surface area (Å²) < 4.78 is 48.6. The molecule has 1 aliphatic rings. The number of methoxy groups -OCH3 is 2. The van der Waals surface area contributed by atoms with Gasteiger partial charge in [-0.15, -0.1) is 0 Å². The lowest BCUT2D eigenvalue weighted by Crippen LogP contribution is -2.39. The summed E-state index contributed by atoms with van der Waals surface area (Å²) in [5, 5.41) is 12.3. The Bertz CT molecular complexity index is 2400. The van der Waals surface area contributed by atoms with Gasteiger partial charge in [0, 0.05) is 18.5 Å². The molecule has 1 aliphatic heterocycles. The van der Waals surface area contributed by atoms with Gasteiger partial charge in [-0.05, 0) is 80.8 Å². The van der Waals surface area contributed by atoms with Crippen molar-refractivity contribution < 1.29 is 37.5 Å². The van der Waals surface area contributed by atoms with E-state index in [4.69, 9.17) is 32.7 Å². The van der Waals surface area contributed by atoms with E-state index < -0.39 is 38.5 Å². The van der Waals surface area contributed by atoms with Crippen LogP contribution in [0, 0.1) is 11.3 Å². The highest BCUT2D eigenvalue weighted by molar-refractivity contribution is 7.44. The molecule has 16 heteroatoms. The molecule has 0 bridgehead atoms. The topological polar surface area (TPSA) is 164 Å². The Morgan fingerprint density at radius 2 is 1.47 bits per heavy atom. The number of rotatable bonds is 21. The maximum absolute atomic E-state index is 13.0. The molecule has 6 aromatic rings. The van der Waals surface area contributed by atoms with Gasteiger partial charge in [0.05, 0.1) is 52.4 Å². The van der Waals surface area contributed by atoms with Crippen LogP contribution in [0.25, 0.3) is 11.2 Å². The molecule has 2 unspecified atom stereocenters. The number of fused-ring (bicyclic) bond motifs is 1. The van der Waals surface area contributed by atoms with E-state index in [1.165, 1.54) is 6.33 Å². The van der Waals surface area contributed by atoms with E-state index in [9.17, 15) is 10.1 Å². The lowest BCUT2D eigenvalue weighted by atomic mass is 9.80. The molecule has 1 fully saturated rings. The Balaban J connectivity index is 1.25. The number of carbonyl (C=O) groups excluding carboxylic acids is 1. The molecule has 1 N–H and O–H groups in total. The third-order valence-electron chi connectivity index (χ3n) is 10.7. The second-order valence-electron chi connectivity index (χ2n) is 15.6. The van der Waals surface area contributed by atoms with Gasteiger partial charge in [0.25, 0.3) is 14.4 Å². The number of nitriles is 1. The first kappa shape index (κ1) is 46.0. The lowest BCUT2D eigenvalue weighted by Gasteiger charge is -2.39. The van der Waals surface area contributed by atoms with Gasteiger partial charge >= 0.3 is 0 Å². The summed E-state index contributed by atoms with van der Waals surface area (Å²) >= 11 is 0. The van der Waals surface area contributed by atoms with Gasteiger partial charge in [-0.1, -0.05) is 72.8 Å². The van der Waals surface area contributed by atoms with E-state index in [-0.39, 0.29) is 44.1 Å². The standard InChI is InChI=1S/C48H54N7O8P/c1-33(2)55(34(3)4)64(61-27-13-26-49)63-41-28-44(54-32-52-45-46(50-31-51-47(45)54)53-43(56)30-59-40-16-11-8-12-17-40)62-42(41)29-60-48(35-14-9-7-10-15-35,36-18-22-38(57-5)23-19-36)37-20-24-39(58-6)25-21-37/h7-12,14-25,31-34,41-42,44H,13,27-30H2,1-6H3,(H,50,51,53,56)/t41?,42-,44-,64?/m1/s1. The van der Waals surface area contributed by atoms with E-state index in [0.717, 1.165) is 16.7 Å². The fourth-order valence-electron chi connectivity index (χ4n) is 7.81. The first-order valence-corrected chi connectivity index (χ1v) is 22.3. The van der Waals surface area contributed by atoms with Crippen LogP contribution in [0.1, 0.15) is 63.5 Å². The normalized spacial score (nSPS) is 16.8. The molecule has 0 saturated carbocycles. The number of aromatic nitrogens is 4. The monoisotopic (exact) mass is 887 g/mol. The van der Waals surface area contributed by atoms with Crippen molar-refractivity contribution in [2.45, 2.75) is 76.7 Å². The third kappa shape index (κ3) is 10.5. The maximum atomic E-state index is 13.0. The fraction of sp³-hybridized carbons (Fsp3) is 0.354. The largest absolute Gasteiger partial charge is 0.497 e. The molecular weight excluding hydrogens is 834 g/mol. The van der Waals surface area contributed by atoms with Gasteiger partial charge in [-0.3, -0.25) is 9.36 Å². The molecular formula is C48H54N7O8P. The number of benzene rings is 4. The van der Waals surface area contributed by atoms with Crippen LogP contribution in [0.5, 0.6) is 17.2 Å². The van der Waals surface area contributed by atoms with Crippen LogP contribution < -0.4 is 19.5 Å². The molecule has 2 aromatic heterocycles. The van der Waals surface area contributed by atoms with Crippen molar-refractivity contribution in [2.24, 2.45) is 0 Å². The quantitative estimate of drug-likeness (QED) is 0.0415. The minimum Gasteiger partial charge on any atom is -0.497 e. The minimum absolute atomic E-state index is 0.0675. The van der Waals surface area contributed by atoms with Crippen molar-refractivity contribution in [1.29, 1.82) is 5.26 Å². The summed E-state index contributed by atoms with van der Waals surface area (Å²) in [5.41, 5.74) is 2.33. The number of imidazole rings is 1. The third-order valence-corrected chi connectivity index (χ3v) is 12.9. The van der Waals surface area contributed by atoms with Crippen LogP contribution in [-0.4, -0.2) is 88.4 Å². The Morgan fingerprint density at radius 3 is 2.06 bits per heavy atom. The van der Waals surface area contributed by atoms with E-state index in [2.05, 4.69) is 58.7 Å². The summed E-state index contributed by atoms with van der Waals surface area (Å²) in [5.74, 6) is 1.82. The molecule has 3 heterocycles. The number of amides is 1. The number of para-hydroxylation sites is 1. The second-order valence-corrected chi connectivity index (χ2v) is 17.0. The van der Waals surface area contributed by atoms with E-state index >= 15 is 0 Å². The van der Waals surface area contributed by atoms with Crippen LogP contribution >= 0.6 is 8.53 Å². The van der Waals surface area contributed by atoms with Gasteiger partial charge < -0.3 is 38.0 Å². The Morgan fingerprint density at radius 1 is 0.859 bits per heavy atom. The van der Waals surface area contributed by atoms with Gasteiger partial charge in [0.1, 0.15) is 41.5 Å². The number of anilines is 1. The van der Waals surface area contributed by atoms with E-state index in [1.54, 1.807) is 32.7 Å². The molecule has 4 atom stereocenters. The molecule has 0 aliphatic carbocycles. The van der Waals surface area contributed by atoms with Gasteiger partial charge in [-0.2, -0.15) is 5.26 Å². The zero-order chi connectivity index (χ0) is 45.1. The predicted molar refractivity (Wildman–Crippen MR) is 243 cm³/mol. The number of nitrogens with one attached hydrogen (secondary N) is 1. The SMILES string of the molecule is COc1ccc(C(OC[C@H]2O[C@@H](n3cnc4c(NC(=O)COc5ccccc5)ncnc43)CC2OP(OCCC#N)N(C(C)C)C(C)C)(c2ccccc2)c2ccc(OC)cc2)cc1. The summed E-state index contributed by atoms with van der Waals surface area (Å²) in [6.45, 7) is 8.45. The van der Waals surface area contributed by atoms with Crippen LogP contribution in [0.15, 0.2) is 122 Å². The lowest BCUT2D eigenvalue weighted by molar-refractivity contribution is -0.118. The highest BCUT2D eigenvalue weighted by Crippen LogP contribution is 2.51. The molecule has 4 aromatic carbocycles. The molecule has 1 saturated heterocycles. The Hall–Kier alpha value is -5.98. The summed E-state index contributed by atoms with van der Waals surface area (Å²) in [6, 6.07) is 37.2. The smallest absolute Gasteiger partial charge is 0.263 e. The minimum atomic E-state index is -1.67. The van der Waals surface area contributed by atoms with Gasteiger partial charge in [-0.25, -0.2) is 19.6 Å². The van der Waals surface area contributed by atoms with Gasteiger partial charge in [0.2, 0.25) is 0 Å². The highest BCUT2D eigenvalue weighted by Gasteiger charge is 2.45. The van der Waals surface area contributed by atoms with E-state index in [1.807, 2.05) is 102 Å². The maximum Gasteiger partial charge on any atom is 0.263 e. The molecule has 334 valence electrons. The van der Waals surface area contributed by atoms with Crippen molar-refractivity contribution in [3.8, 4) is 23.3 Å². The van der Waals surface area contributed by atoms with Crippen molar-refractivity contribution >= 4 is 31.4 Å². The van der Waals surface area contributed by atoms with Crippen LogP contribution in [0.3, 0.4) is 0 Å². The van der Waals surface area contributed by atoms with Crippen molar-refractivity contribution in [2.75, 3.05) is 39.4 Å². The molecule has 15 nitrogen and oxygen atoms in total. The molecule has 7 rings (SSSR count). The van der Waals surface area contributed by atoms with Crippen molar-refractivity contribution in [3.05, 3.63) is 139 Å². The molecule has 1 amide bonds.